The van der Waals surface area contributed by atoms with Crippen LogP contribution in [0.25, 0.3) is 0 Å². The summed E-state index contributed by atoms with van der Waals surface area (Å²) >= 11 is 12.2. The summed E-state index contributed by atoms with van der Waals surface area (Å²) in [5.41, 5.74) is -0.509. The molecule has 1 heterocycles. The number of nitrogens with zero attached hydrogens (tertiary/aromatic N) is 1. The number of carbonyl (C=O) groups excluding carboxylic acids is 1. The maximum Gasteiger partial charge on any atom is 0.261 e. The lowest BCUT2D eigenvalue weighted by Gasteiger charge is -2.43. The zero-order valence-corrected chi connectivity index (χ0v) is 19.3. The molecule has 0 radical (unpaired) electrons. The number of hydrogen-bond acceptors (Lipinski definition) is 5. The van der Waals surface area contributed by atoms with Crippen molar-refractivity contribution < 1.29 is 27.6 Å². The van der Waals surface area contributed by atoms with Crippen molar-refractivity contribution >= 4 is 39.2 Å². The lowest BCUT2D eigenvalue weighted by molar-refractivity contribution is -0.178. The van der Waals surface area contributed by atoms with E-state index in [1.54, 1.807) is 18.2 Å². The second-order valence-corrected chi connectivity index (χ2v) is 10.0. The lowest BCUT2D eigenvalue weighted by atomic mass is 9.85. The van der Waals surface area contributed by atoms with Gasteiger partial charge in [-0.2, -0.15) is 8.42 Å². The molecule has 7 nitrogen and oxygen atoms in total. The van der Waals surface area contributed by atoms with Crippen molar-refractivity contribution in [2.45, 2.75) is 44.1 Å². The topological polar surface area (TPSA) is 104 Å². The first-order valence-corrected chi connectivity index (χ1v) is 12.6. The van der Waals surface area contributed by atoms with E-state index in [2.05, 4.69) is 0 Å². The lowest BCUT2D eigenvalue weighted by Crippen LogP contribution is -2.56. The number of aliphatic hydroxyl groups excluding tert-OH is 1. The first-order chi connectivity index (χ1) is 14.1. The van der Waals surface area contributed by atoms with Crippen LogP contribution >= 0.6 is 23.2 Å². The number of ether oxygens (including phenoxy) is 1. The Morgan fingerprint density at radius 1 is 1.20 bits per heavy atom. The van der Waals surface area contributed by atoms with Gasteiger partial charge in [0.2, 0.25) is 0 Å². The van der Waals surface area contributed by atoms with Gasteiger partial charge in [-0.25, -0.2) is 0 Å². The minimum absolute atomic E-state index is 0.0724. The second kappa shape index (κ2) is 11.1. The largest absolute Gasteiger partial charge is 0.396 e. The van der Waals surface area contributed by atoms with E-state index in [-0.39, 0.29) is 18.9 Å². The molecule has 0 unspecified atom stereocenters. The Morgan fingerprint density at radius 3 is 2.40 bits per heavy atom. The number of amides is 1. The first-order valence-electron chi connectivity index (χ1n) is 9.99. The molecule has 2 aliphatic rings. The summed E-state index contributed by atoms with van der Waals surface area (Å²) in [4.78, 5) is 15.2. The van der Waals surface area contributed by atoms with E-state index in [1.165, 1.54) is 32.1 Å². The van der Waals surface area contributed by atoms with Crippen LogP contribution in [0.15, 0.2) is 18.2 Å². The van der Waals surface area contributed by atoms with Crippen molar-refractivity contribution in [1.29, 1.82) is 0 Å². The molecular formula is C20H29Cl2NO6S. The predicted molar refractivity (Wildman–Crippen MR) is 116 cm³/mol. The van der Waals surface area contributed by atoms with E-state index in [1.807, 2.05) is 4.90 Å². The van der Waals surface area contributed by atoms with Gasteiger partial charge in [-0.3, -0.25) is 9.35 Å². The molecule has 1 saturated heterocycles. The van der Waals surface area contributed by atoms with Crippen LogP contribution in [0.2, 0.25) is 10.0 Å². The Bertz CT molecular complexity index is 817. The summed E-state index contributed by atoms with van der Waals surface area (Å²) in [6.07, 6.45) is 7.09. The zero-order chi connectivity index (χ0) is 22.4. The molecule has 1 aromatic carbocycles. The number of morpholine rings is 1. The van der Waals surface area contributed by atoms with Crippen LogP contribution in [0.5, 0.6) is 0 Å². The van der Waals surface area contributed by atoms with E-state index in [0.29, 0.717) is 40.9 Å². The zero-order valence-electron chi connectivity index (χ0n) is 17.0. The highest BCUT2D eigenvalue weighted by Gasteiger charge is 2.47. The molecule has 2 N–H and O–H groups in total. The fourth-order valence-electron chi connectivity index (χ4n) is 4.04. The molecule has 10 heteroatoms. The Morgan fingerprint density at radius 2 is 1.83 bits per heavy atom. The average Bonchev–Trinajstić information content (AvgIpc) is 2.67. The molecule has 1 aliphatic heterocycles. The van der Waals surface area contributed by atoms with Gasteiger partial charge < -0.3 is 14.7 Å². The molecule has 1 amide bonds. The molecule has 170 valence electrons. The van der Waals surface area contributed by atoms with Gasteiger partial charge in [0.15, 0.2) is 5.60 Å². The number of benzene rings is 1. The summed E-state index contributed by atoms with van der Waals surface area (Å²) in [7, 11) is -3.67. The molecule has 3 rings (SSSR count). The molecule has 30 heavy (non-hydrogen) atoms. The van der Waals surface area contributed by atoms with Crippen LogP contribution in [0.4, 0.5) is 0 Å². The average molecular weight is 482 g/mol. The summed E-state index contributed by atoms with van der Waals surface area (Å²) in [6.45, 7) is 1.70. The summed E-state index contributed by atoms with van der Waals surface area (Å²) in [5.74, 6) is 0.494. The number of aliphatic hydroxyl groups is 1. The predicted octanol–water partition coefficient (Wildman–Crippen LogP) is 3.51. The molecule has 1 aromatic rings. The van der Waals surface area contributed by atoms with Gasteiger partial charge in [0.25, 0.3) is 16.0 Å². The van der Waals surface area contributed by atoms with Crippen LogP contribution in [-0.4, -0.2) is 61.4 Å². The van der Waals surface area contributed by atoms with Crippen molar-refractivity contribution in [2.24, 2.45) is 5.92 Å². The van der Waals surface area contributed by atoms with E-state index in [0.717, 1.165) is 6.54 Å². The van der Waals surface area contributed by atoms with E-state index in [4.69, 9.17) is 32.5 Å². The van der Waals surface area contributed by atoms with Crippen molar-refractivity contribution in [3.63, 3.8) is 0 Å². The number of rotatable bonds is 5. The Kier molecular flexibility index (Phi) is 9.39. The Hall–Kier alpha value is -0.900. The van der Waals surface area contributed by atoms with Crippen LogP contribution in [0, 0.1) is 5.92 Å². The Labute approximate surface area is 188 Å². The minimum Gasteiger partial charge on any atom is -0.396 e. The van der Waals surface area contributed by atoms with Gasteiger partial charge in [0.1, 0.15) is 0 Å². The minimum atomic E-state index is -3.67. The van der Waals surface area contributed by atoms with Crippen molar-refractivity contribution in [3.8, 4) is 0 Å². The monoisotopic (exact) mass is 481 g/mol. The molecule has 0 bridgehead atoms. The summed E-state index contributed by atoms with van der Waals surface area (Å²) in [5, 5.41) is 10.4. The number of halogens is 2. The van der Waals surface area contributed by atoms with Crippen molar-refractivity contribution in [3.05, 3.63) is 33.8 Å². The highest BCUT2D eigenvalue weighted by Crippen LogP contribution is 2.38. The smallest absolute Gasteiger partial charge is 0.261 e. The van der Waals surface area contributed by atoms with Gasteiger partial charge in [0, 0.05) is 26.1 Å². The van der Waals surface area contributed by atoms with Gasteiger partial charge in [-0.1, -0.05) is 48.5 Å². The molecular weight excluding hydrogens is 453 g/mol. The molecule has 0 aromatic heterocycles. The van der Waals surface area contributed by atoms with Crippen molar-refractivity contribution in [1.82, 2.24) is 4.90 Å². The SMILES string of the molecule is CS(=O)(=O)O.O=C1N(CC2CCCCC2)CCO[C@]1(CCO)c1ccc(Cl)c(Cl)c1. The maximum absolute atomic E-state index is 13.3. The fraction of sp³-hybridized carbons (Fsp3) is 0.650. The summed E-state index contributed by atoms with van der Waals surface area (Å²) in [6, 6.07) is 5.13. The Balaban J connectivity index is 0.000000575. The second-order valence-electron chi connectivity index (χ2n) is 7.77. The van der Waals surface area contributed by atoms with Crippen LogP contribution in [0.1, 0.15) is 44.1 Å². The van der Waals surface area contributed by atoms with E-state index >= 15 is 0 Å². The van der Waals surface area contributed by atoms with Gasteiger partial charge >= 0.3 is 0 Å². The van der Waals surface area contributed by atoms with Gasteiger partial charge in [-0.15, -0.1) is 0 Å². The quantitative estimate of drug-likeness (QED) is 0.623. The highest BCUT2D eigenvalue weighted by molar-refractivity contribution is 7.85. The van der Waals surface area contributed by atoms with Crippen LogP contribution in [-0.2, 0) is 25.3 Å². The van der Waals surface area contributed by atoms with Gasteiger partial charge in [0.05, 0.1) is 22.9 Å². The molecule has 0 spiro atoms. The standard InChI is InChI=1S/C19H25Cl2NO3.CH4O3S/c20-16-7-6-15(12-17(16)21)19(8-10-23)18(24)22(9-11-25-19)13-14-4-2-1-3-5-14;1-5(2,3)4/h6-7,12,14,23H,1-5,8-11,13H2;1H3,(H,2,3,4)/t19-;/m1./s1. The van der Waals surface area contributed by atoms with Crippen molar-refractivity contribution in [2.75, 3.05) is 32.6 Å². The van der Waals surface area contributed by atoms with Gasteiger partial charge in [-0.05, 0) is 36.5 Å². The van der Waals surface area contributed by atoms with Crippen LogP contribution in [0.3, 0.4) is 0 Å². The third kappa shape index (κ3) is 7.07. The number of hydrogen-bond donors (Lipinski definition) is 2. The highest BCUT2D eigenvalue weighted by atomic mass is 35.5. The molecule has 1 atom stereocenters. The first kappa shape index (κ1) is 25.4. The molecule has 2 fully saturated rings. The molecule has 1 aliphatic carbocycles. The summed E-state index contributed by atoms with van der Waals surface area (Å²) < 4.78 is 31.8. The normalized spacial score (nSPS) is 23.1. The fourth-order valence-corrected chi connectivity index (χ4v) is 4.34. The van der Waals surface area contributed by atoms with E-state index < -0.39 is 15.7 Å². The third-order valence-corrected chi connectivity index (χ3v) is 6.13. The molecule has 1 saturated carbocycles. The van der Waals surface area contributed by atoms with Crippen LogP contribution < -0.4 is 0 Å². The number of carbonyl (C=O) groups is 1. The van der Waals surface area contributed by atoms with E-state index in [9.17, 15) is 18.3 Å². The third-order valence-electron chi connectivity index (χ3n) is 5.40. The maximum atomic E-state index is 13.3.